The van der Waals surface area contributed by atoms with E-state index in [1.807, 2.05) is 19.1 Å². The molecule has 1 amide bonds. The van der Waals surface area contributed by atoms with Crippen LogP contribution in [0.3, 0.4) is 0 Å². The summed E-state index contributed by atoms with van der Waals surface area (Å²) in [6.45, 7) is 6.04. The Morgan fingerprint density at radius 2 is 2.08 bits per heavy atom. The van der Waals surface area contributed by atoms with E-state index >= 15 is 0 Å². The van der Waals surface area contributed by atoms with Crippen molar-refractivity contribution >= 4 is 5.91 Å². The molecule has 0 unspecified atom stereocenters. The molecule has 1 aromatic carbocycles. The lowest BCUT2D eigenvalue weighted by molar-refractivity contribution is -0.121. The predicted molar refractivity (Wildman–Crippen MR) is 99.8 cm³/mol. The number of methoxy groups -OCH3 is 1. The van der Waals surface area contributed by atoms with E-state index in [2.05, 4.69) is 16.7 Å². The smallest absolute Gasteiger partial charge is 0.220 e. The molecular weight excluding hydrogens is 316 g/mol. The molecule has 1 aliphatic rings. The van der Waals surface area contributed by atoms with Crippen LogP contribution in [0.25, 0.3) is 0 Å². The highest BCUT2D eigenvalue weighted by molar-refractivity contribution is 5.75. The van der Waals surface area contributed by atoms with Gasteiger partial charge in [-0.15, -0.1) is 0 Å². The minimum atomic E-state index is 0.129. The zero-order valence-electron chi connectivity index (χ0n) is 15.6. The van der Waals surface area contributed by atoms with Gasteiger partial charge in [0.25, 0.3) is 0 Å². The van der Waals surface area contributed by atoms with E-state index in [0.717, 1.165) is 42.8 Å². The molecule has 0 atom stereocenters. The first-order chi connectivity index (χ1) is 12.2. The molecule has 0 bridgehead atoms. The third kappa shape index (κ3) is 7.45. The number of carbonyl (C=O) groups is 1. The molecule has 1 aliphatic heterocycles. The maximum atomic E-state index is 12.2. The van der Waals surface area contributed by atoms with Gasteiger partial charge < -0.3 is 20.1 Å². The first kappa shape index (κ1) is 19.7. The zero-order valence-corrected chi connectivity index (χ0v) is 15.6. The van der Waals surface area contributed by atoms with Crippen molar-refractivity contribution in [1.82, 2.24) is 10.6 Å². The molecule has 2 N–H and O–H groups in total. The van der Waals surface area contributed by atoms with E-state index in [-0.39, 0.29) is 5.91 Å². The van der Waals surface area contributed by atoms with Crippen molar-refractivity contribution in [2.45, 2.75) is 45.6 Å². The summed E-state index contributed by atoms with van der Waals surface area (Å²) in [6, 6.07) is 6.12. The molecule has 0 aliphatic carbocycles. The van der Waals surface area contributed by atoms with Crippen LogP contribution < -0.4 is 15.4 Å². The van der Waals surface area contributed by atoms with E-state index in [9.17, 15) is 4.79 Å². The molecule has 5 nitrogen and oxygen atoms in total. The van der Waals surface area contributed by atoms with Crippen molar-refractivity contribution in [3.8, 4) is 5.75 Å². The second-order valence-electron chi connectivity index (χ2n) is 6.81. The van der Waals surface area contributed by atoms with Gasteiger partial charge in [-0.2, -0.15) is 0 Å². The molecule has 1 fully saturated rings. The molecule has 25 heavy (non-hydrogen) atoms. The van der Waals surface area contributed by atoms with E-state index in [0.29, 0.717) is 32.1 Å². The van der Waals surface area contributed by atoms with Gasteiger partial charge in [0.15, 0.2) is 0 Å². The van der Waals surface area contributed by atoms with Gasteiger partial charge in [0, 0.05) is 38.7 Å². The topological polar surface area (TPSA) is 59.6 Å². The quantitative estimate of drug-likeness (QED) is 0.639. The standard InChI is InChI=1S/C20H32N2O3/c1-16-4-6-18(19(14-16)25-13-3-12-24-2)15-22-20(23)7-5-17-8-10-21-11-9-17/h4,6,14,17,21H,3,5,7-13,15H2,1-2H3,(H,22,23). The Morgan fingerprint density at radius 1 is 1.28 bits per heavy atom. The second-order valence-corrected chi connectivity index (χ2v) is 6.81. The summed E-state index contributed by atoms with van der Waals surface area (Å²) in [6.07, 6.45) is 4.82. The molecule has 0 aromatic heterocycles. The summed E-state index contributed by atoms with van der Waals surface area (Å²) in [5.74, 6) is 1.67. The van der Waals surface area contributed by atoms with Crippen LogP contribution >= 0.6 is 0 Å². The SMILES string of the molecule is COCCCOc1cc(C)ccc1CNC(=O)CCC1CCNCC1. The number of piperidine rings is 1. The first-order valence-corrected chi connectivity index (χ1v) is 9.37. The van der Waals surface area contributed by atoms with Crippen LogP contribution in [0.1, 0.15) is 43.2 Å². The average Bonchev–Trinajstić information content (AvgIpc) is 2.63. The van der Waals surface area contributed by atoms with Gasteiger partial charge in [-0.3, -0.25) is 4.79 Å². The minimum absolute atomic E-state index is 0.129. The number of ether oxygens (including phenoxy) is 2. The van der Waals surface area contributed by atoms with Crippen LogP contribution in [0.15, 0.2) is 18.2 Å². The lowest BCUT2D eigenvalue weighted by Crippen LogP contribution is -2.29. The van der Waals surface area contributed by atoms with Crippen molar-refractivity contribution < 1.29 is 14.3 Å². The lowest BCUT2D eigenvalue weighted by atomic mass is 9.93. The largest absolute Gasteiger partial charge is 0.493 e. The van der Waals surface area contributed by atoms with E-state index in [1.165, 1.54) is 12.8 Å². The Labute approximate surface area is 151 Å². The number of rotatable bonds is 10. The molecule has 2 rings (SSSR count). The van der Waals surface area contributed by atoms with Crippen molar-refractivity contribution in [2.75, 3.05) is 33.4 Å². The van der Waals surface area contributed by atoms with Crippen LogP contribution in [0.4, 0.5) is 0 Å². The number of benzene rings is 1. The minimum Gasteiger partial charge on any atom is -0.493 e. The van der Waals surface area contributed by atoms with Crippen molar-refractivity contribution in [1.29, 1.82) is 0 Å². The van der Waals surface area contributed by atoms with Crippen LogP contribution in [0, 0.1) is 12.8 Å². The number of amides is 1. The summed E-state index contributed by atoms with van der Waals surface area (Å²) in [7, 11) is 1.69. The van der Waals surface area contributed by atoms with Gasteiger partial charge in [0.05, 0.1) is 6.61 Å². The van der Waals surface area contributed by atoms with Gasteiger partial charge in [0.2, 0.25) is 5.91 Å². The second kappa shape index (κ2) is 11.1. The van der Waals surface area contributed by atoms with Gasteiger partial charge in [-0.25, -0.2) is 0 Å². The lowest BCUT2D eigenvalue weighted by Gasteiger charge is -2.22. The van der Waals surface area contributed by atoms with E-state index in [1.54, 1.807) is 7.11 Å². The Balaban J connectivity index is 1.77. The fraction of sp³-hybridized carbons (Fsp3) is 0.650. The monoisotopic (exact) mass is 348 g/mol. The summed E-state index contributed by atoms with van der Waals surface area (Å²) in [5, 5.41) is 6.40. The van der Waals surface area contributed by atoms with Crippen molar-refractivity contribution in [3.63, 3.8) is 0 Å². The fourth-order valence-electron chi connectivity index (χ4n) is 3.12. The normalized spacial score (nSPS) is 15.1. The molecule has 0 radical (unpaired) electrons. The number of hydrogen-bond acceptors (Lipinski definition) is 4. The number of carbonyl (C=O) groups excluding carboxylic acids is 1. The Morgan fingerprint density at radius 3 is 2.84 bits per heavy atom. The molecule has 1 aromatic rings. The highest BCUT2D eigenvalue weighted by Gasteiger charge is 2.14. The summed E-state index contributed by atoms with van der Waals surface area (Å²) < 4.78 is 10.9. The summed E-state index contributed by atoms with van der Waals surface area (Å²) >= 11 is 0. The van der Waals surface area contributed by atoms with Gasteiger partial charge in [-0.05, 0) is 56.8 Å². The number of hydrogen-bond donors (Lipinski definition) is 2. The number of nitrogens with one attached hydrogen (secondary N) is 2. The van der Waals surface area contributed by atoms with E-state index < -0.39 is 0 Å². The molecule has 1 saturated heterocycles. The van der Waals surface area contributed by atoms with Crippen LogP contribution in [0.5, 0.6) is 5.75 Å². The van der Waals surface area contributed by atoms with Crippen molar-refractivity contribution in [3.05, 3.63) is 29.3 Å². The zero-order chi connectivity index (χ0) is 17.9. The summed E-state index contributed by atoms with van der Waals surface area (Å²) in [4.78, 5) is 12.2. The Hall–Kier alpha value is -1.59. The van der Waals surface area contributed by atoms with Gasteiger partial charge in [0.1, 0.15) is 5.75 Å². The number of aryl methyl sites for hydroxylation is 1. The maximum Gasteiger partial charge on any atom is 0.220 e. The molecule has 1 heterocycles. The van der Waals surface area contributed by atoms with Gasteiger partial charge in [-0.1, -0.05) is 12.1 Å². The predicted octanol–water partition coefficient (Wildman–Crippen LogP) is 2.81. The Bertz CT molecular complexity index is 528. The van der Waals surface area contributed by atoms with Crippen LogP contribution in [-0.2, 0) is 16.1 Å². The van der Waals surface area contributed by atoms with Crippen molar-refractivity contribution in [2.24, 2.45) is 5.92 Å². The van der Waals surface area contributed by atoms with Gasteiger partial charge >= 0.3 is 0 Å². The fourth-order valence-corrected chi connectivity index (χ4v) is 3.12. The highest BCUT2D eigenvalue weighted by atomic mass is 16.5. The first-order valence-electron chi connectivity index (χ1n) is 9.37. The third-order valence-corrected chi connectivity index (χ3v) is 4.69. The molecular formula is C20H32N2O3. The van der Waals surface area contributed by atoms with E-state index in [4.69, 9.17) is 9.47 Å². The average molecular weight is 348 g/mol. The van der Waals surface area contributed by atoms with Crippen LogP contribution in [0.2, 0.25) is 0 Å². The van der Waals surface area contributed by atoms with Crippen LogP contribution in [-0.4, -0.2) is 39.3 Å². The molecule has 0 spiro atoms. The Kier molecular flexibility index (Phi) is 8.77. The maximum absolute atomic E-state index is 12.2. The highest BCUT2D eigenvalue weighted by Crippen LogP contribution is 2.21. The molecule has 5 heteroatoms. The molecule has 140 valence electrons. The summed E-state index contributed by atoms with van der Waals surface area (Å²) in [5.41, 5.74) is 2.18. The molecule has 0 saturated carbocycles. The third-order valence-electron chi connectivity index (χ3n) is 4.69.